The average Bonchev–Trinajstić information content (AvgIpc) is 2.66. The first-order valence-electron chi connectivity index (χ1n) is 6.31. The van der Waals surface area contributed by atoms with E-state index in [-0.39, 0.29) is 11.8 Å². The van der Waals surface area contributed by atoms with Crippen LogP contribution in [0, 0.1) is 5.92 Å². The predicted octanol–water partition coefficient (Wildman–Crippen LogP) is 3.09. The summed E-state index contributed by atoms with van der Waals surface area (Å²) in [6.07, 6.45) is 5.77. The SMILES string of the molecule is CC(C)C(=O)Nc1nc2ccc(Cl)nc2n1C1=CC=C1. The van der Waals surface area contributed by atoms with Crippen LogP contribution >= 0.6 is 11.6 Å². The Bertz CT molecular complexity index is 758. The summed E-state index contributed by atoms with van der Waals surface area (Å²) in [7, 11) is 0. The fourth-order valence-corrected chi connectivity index (χ4v) is 1.99. The van der Waals surface area contributed by atoms with Crippen molar-refractivity contribution in [3.63, 3.8) is 0 Å². The first-order valence-corrected chi connectivity index (χ1v) is 6.68. The van der Waals surface area contributed by atoms with Crippen LogP contribution in [0.25, 0.3) is 16.9 Å². The molecule has 1 aliphatic carbocycles. The molecule has 0 saturated heterocycles. The number of imidazole rings is 1. The smallest absolute Gasteiger partial charge is 0.229 e. The maximum atomic E-state index is 11.9. The van der Waals surface area contributed by atoms with E-state index in [4.69, 9.17) is 11.6 Å². The molecule has 2 aromatic heterocycles. The number of nitrogens with zero attached hydrogens (tertiary/aromatic N) is 3. The van der Waals surface area contributed by atoms with Crippen LogP contribution in [0.1, 0.15) is 13.8 Å². The van der Waals surface area contributed by atoms with Crippen molar-refractivity contribution in [2.75, 3.05) is 5.32 Å². The molecule has 3 rings (SSSR count). The van der Waals surface area contributed by atoms with E-state index in [9.17, 15) is 4.79 Å². The van der Waals surface area contributed by atoms with Gasteiger partial charge in [0.25, 0.3) is 0 Å². The number of fused-ring (bicyclic) bond motifs is 1. The second-order valence-corrected chi connectivity index (χ2v) is 5.23. The van der Waals surface area contributed by atoms with Gasteiger partial charge in [0.2, 0.25) is 11.9 Å². The Morgan fingerprint density at radius 3 is 2.70 bits per heavy atom. The van der Waals surface area contributed by atoms with Crippen LogP contribution in [-0.4, -0.2) is 20.4 Å². The van der Waals surface area contributed by atoms with Gasteiger partial charge < -0.3 is 0 Å². The first kappa shape index (κ1) is 12.9. The molecule has 0 spiro atoms. The fourth-order valence-electron chi connectivity index (χ4n) is 1.85. The van der Waals surface area contributed by atoms with Crippen LogP contribution in [0.3, 0.4) is 0 Å². The first-order chi connectivity index (χ1) is 9.56. The number of anilines is 1. The van der Waals surface area contributed by atoms with Crippen molar-refractivity contribution in [2.45, 2.75) is 13.8 Å². The van der Waals surface area contributed by atoms with Crippen molar-refractivity contribution < 1.29 is 4.79 Å². The molecule has 102 valence electrons. The summed E-state index contributed by atoms with van der Waals surface area (Å²) < 4.78 is 1.79. The van der Waals surface area contributed by atoms with E-state index in [2.05, 4.69) is 15.3 Å². The van der Waals surface area contributed by atoms with Gasteiger partial charge in [-0.15, -0.1) is 0 Å². The second kappa shape index (κ2) is 4.76. The molecule has 0 aromatic carbocycles. The Kier molecular flexibility index (Phi) is 3.06. The highest BCUT2D eigenvalue weighted by molar-refractivity contribution is 6.29. The number of hydrogen-bond donors (Lipinski definition) is 1. The number of rotatable bonds is 3. The number of amides is 1. The van der Waals surface area contributed by atoms with Gasteiger partial charge in [0.1, 0.15) is 10.7 Å². The van der Waals surface area contributed by atoms with Crippen LogP contribution in [0.15, 0.2) is 30.4 Å². The molecule has 0 saturated carbocycles. The number of halogens is 1. The highest BCUT2D eigenvalue weighted by atomic mass is 35.5. The topological polar surface area (TPSA) is 59.8 Å². The molecule has 6 heteroatoms. The molecule has 20 heavy (non-hydrogen) atoms. The lowest BCUT2D eigenvalue weighted by atomic mass is 10.2. The van der Waals surface area contributed by atoms with Gasteiger partial charge in [0.05, 0.1) is 5.70 Å². The number of aromatic nitrogens is 3. The molecule has 5 nitrogen and oxygen atoms in total. The Morgan fingerprint density at radius 2 is 2.10 bits per heavy atom. The third-order valence-corrected chi connectivity index (χ3v) is 3.23. The average molecular weight is 289 g/mol. The maximum Gasteiger partial charge on any atom is 0.229 e. The Hall–Kier alpha value is -2.14. The minimum Gasteiger partial charge on any atom is -0.295 e. The van der Waals surface area contributed by atoms with Gasteiger partial charge in [-0.1, -0.05) is 31.5 Å². The summed E-state index contributed by atoms with van der Waals surface area (Å²) in [6, 6.07) is 3.47. The third kappa shape index (κ3) is 2.10. The monoisotopic (exact) mass is 288 g/mol. The van der Waals surface area contributed by atoms with Crippen LogP contribution in [0.4, 0.5) is 5.95 Å². The Labute approximate surface area is 121 Å². The lowest BCUT2D eigenvalue weighted by Gasteiger charge is -2.14. The molecule has 1 N–H and O–H groups in total. The summed E-state index contributed by atoms with van der Waals surface area (Å²) >= 11 is 5.94. The van der Waals surface area contributed by atoms with Crippen molar-refractivity contribution in [1.82, 2.24) is 14.5 Å². The minimum atomic E-state index is -0.120. The molecule has 2 aromatic rings. The van der Waals surface area contributed by atoms with Gasteiger partial charge >= 0.3 is 0 Å². The third-order valence-electron chi connectivity index (χ3n) is 3.02. The molecular weight excluding hydrogens is 276 g/mol. The molecule has 0 aliphatic heterocycles. The summed E-state index contributed by atoms with van der Waals surface area (Å²) in [5.74, 6) is 0.256. The standard InChI is InChI=1S/C14H13ClN4O/c1-8(2)13(20)18-14-16-10-6-7-11(15)17-12(10)19(14)9-4-3-5-9/h3-8H,1-2H3,(H,16,18,20). The molecule has 0 bridgehead atoms. The number of carbonyl (C=O) groups excluding carboxylic acids is 1. The lowest BCUT2D eigenvalue weighted by Crippen LogP contribution is -2.20. The van der Waals surface area contributed by atoms with Gasteiger partial charge in [-0.3, -0.25) is 14.7 Å². The van der Waals surface area contributed by atoms with E-state index in [1.165, 1.54) is 0 Å². The highest BCUT2D eigenvalue weighted by Gasteiger charge is 2.19. The molecule has 1 aliphatic rings. The van der Waals surface area contributed by atoms with Crippen LogP contribution < -0.4 is 5.32 Å². The molecule has 0 fully saturated rings. The van der Waals surface area contributed by atoms with Crippen LogP contribution in [0.2, 0.25) is 5.15 Å². The number of pyridine rings is 1. The van der Waals surface area contributed by atoms with E-state index < -0.39 is 0 Å². The summed E-state index contributed by atoms with van der Waals surface area (Å²) in [6.45, 7) is 3.67. The summed E-state index contributed by atoms with van der Waals surface area (Å²) in [5, 5.41) is 3.22. The van der Waals surface area contributed by atoms with E-state index >= 15 is 0 Å². The zero-order valence-electron chi connectivity index (χ0n) is 11.1. The molecule has 1 amide bonds. The Morgan fingerprint density at radius 1 is 1.35 bits per heavy atom. The van der Waals surface area contributed by atoms with Crippen LogP contribution in [0.5, 0.6) is 0 Å². The van der Waals surface area contributed by atoms with Gasteiger partial charge in [-0.2, -0.15) is 0 Å². The maximum absolute atomic E-state index is 11.9. The molecular formula is C14H13ClN4O. The quantitative estimate of drug-likeness (QED) is 0.883. The summed E-state index contributed by atoms with van der Waals surface area (Å²) in [4.78, 5) is 20.6. The van der Waals surface area contributed by atoms with Crippen molar-refractivity contribution in [3.8, 4) is 0 Å². The van der Waals surface area contributed by atoms with Gasteiger partial charge in [0, 0.05) is 5.92 Å². The van der Waals surface area contributed by atoms with Gasteiger partial charge in [-0.25, -0.2) is 9.97 Å². The second-order valence-electron chi connectivity index (χ2n) is 4.84. The normalized spacial score (nSPS) is 13.5. The number of nitrogens with one attached hydrogen (secondary N) is 1. The zero-order valence-corrected chi connectivity index (χ0v) is 11.8. The van der Waals surface area contributed by atoms with Crippen molar-refractivity contribution >= 4 is 40.3 Å². The summed E-state index contributed by atoms with van der Waals surface area (Å²) in [5.41, 5.74) is 2.24. The van der Waals surface area contributed by atoms with E-state index in [0.29, 0.717) is 22.3 Å². The van der Waals surface area contributed by atoms with E-state index in [0.717, 1.165) is 5.70 Å². The molecule has 2 heterocycles. The number of allylic oxidation sites excluding steroid dienone is 4. The Balaban J connectivity index is 2.13. The van der Waals surface area contributed by atoms with Gasteiger partial charge in [0.15, 0.2) is 5.65 Å². The molecule has 0 radical (unpaired) electrons. The largest absolute Gasteiger partial charge is 0.295 e. The molecule has 0 atom stereocenters. The van der Waals surface area contributed by atoms with Crippen molar-refractivity contribution in [2.24, 2.45) is 5.92 Å². The lowest BCUT2D eigenvalue weighted by molar-refractivity contribution is -0.118. The zero-order chi connectivity index (χ0) is 14.3. The van der Waals surface area contributed by atoms with Crippen molar-refractivity contribution in [3.05, 3.63) is 35.5 Å². The number of carbonyl (C=O) groups is 1. The highest BCUT2D eigenvalue weighted by Crippen LogP contribution is 2.27. The number of hydrogen-bond acceptors (Lipinski definition) is 3. The predicted molar refractivity (Wildman–Crippen MR) is 79.4 cm³/mol. The van der Waals surface area contributed by atoms with Gasteiger partial charge in [-0.05, 0) is 24.3 Å². The molecule has 0 unspecified atom stereocenters. The van der Waals surface area contributed by atoms with Crippen molar-refractivity contribution in [1.29, 1.82) is 0 Å². The fraction of sp³-hybridized carbons (Fsp3) is 0.214. The van der Waals surface area contributed by atoms with E-state index in [1.54, 1.807) is 16.7 Å². The van der Waals surface area contributed by atoms with E-state index in [1.807, 2.05) is 32.1 Å². The van der Waals surface area contributed by atoms with Crippen LogP contribution in [-0.2, 0) is 4.79 Å². The minimum absolute atomic E-state index is 0.0865.